The average molecular weight is 220 g/mol. The largest absolute Gasteiger partial charge is 0.341 e. The minimum absolute atomic E-state index is 0.601. The minimum Gasteiger partial charge on any atom is -0.341 e. The highest BCUT2D eigenvalue weighted by Crippen LogP contribution is 2.11. The van der Waals surface area contributed by atoms with Crippen molar-refractivity contribution in [3.8, 4) is 11.6 Å². The van der Waals surface area contributed by atoms with Crippen LogP contribution in [0.15, 0.2) is 18.5 Å². The van der Waals surface area contributed by atoms with Crippen molar-refractivity contribution in [1.82, 2.24) is 19.5 Å². The Balaban J connectivity index is 2.58. The van der Waals surface area contributed by atoms with E-state index >= 15 is 0 Å². The Morgan fingerprint density at radius 1 is 1.53 bits per heavy atom. The first-order valence-corrected chi connectivity index (χ1v) is 5.19. The zero-order chi connectivity index (χ0) is 10.8. The van der Waals surface area contributed by atoms with Crippen LogP contribution < -0.4 is 0 Å². The van der Waals surface area contributed by atoms with Crippen molar-refractivity contribution in [3.05, 3.63) is 28.8 Å². The molecule has 0 atom stereocenters. The van der Waals surface area contributed by atoms with Crippen LogP contribution in [0.2, 0.25) is 0 Å². The molecule has 0 fully saturated rings. The lowest BCUT2D eigenvalue weighted by Gasteiger charge is -2.03. The number of nitrogens with zero attached hydrogens (tertiary/aromatic N) is 3. The Morgan fingerprint density at radius 3 is 2.93 bits per heavy atom. The number of aromatic amines is 1. The van der Waals surface area contributed by atoms with Gasteiger partial charge >= 0.3 is 0 Å². The van der Waals surface area contributed by atoms with E-state index in [4.69, 9.17) is 12.2 Å². The molecule has 5 heteroatoms. The second-order valence-electron chi connectivity index (χ2n) is 3.31. The molecule has 0 saturated heterocycles. The van der Waals surface area contributed by atoms with Crippen LogP contribution in [-0.4, -0.2) is 19.5 Å². The zero-order valence-corrected chi connectivity index (χ0v) is 9.51. The van der Waals surface area contributed by atoms with Gasteiger partial charge in [-0.1, -0.05) is 19.1 Å². The number of imidazole rings is 1. The van der Waals surface area contributed by atoms with Gasteiger partial charge in [0.05, 0.1) is 0 Å². The first kappa shape index (κ1) is 10.0. The molecule has 78 valence electrons. The van der Waals surface area contributed by atoms with E-state index in [1.165, 1.54) is 0 Å². The molecule has 0 aliphatic carbocycles. The van der Waals surface area contributed by atoms with E-state index in [-0.39, 0.29) is 0 Å². The highest BCUT2D eigenvalue weighted by atomic mass is 32.1. The molecule has 0 saturated carbocycles. The molecule has 1 N–H and O–H groups in total. The van der Waals surface area contributed by atoms with Crippen LogP contribution in [0.5, 0.6) is 0 Å². The van der Waals surface area contributed by atoms with Gasteiger partial charge in [0.25, 0.3) is 0 Å². The Bertz CT molecular complexity index is 526. The molecule has 15 heavy (non-hydrogen) atoms. The van der Waals surface area contributed by atoms with Gasteiger partial charge in [-0.05, 0) is 12.5 Å². The summed E-state index contributed by atoms with van der Waals surface area (Å²) in [6, 6.07) is 1.88. The van der Waals surface area contributed by atoms with Crippen molar-refractivity contribution < 1.29 is 0 Å². The molecule has 0 amide bonds. The van der Waals surface area contributed by atoms with Crippen molar-refractivity contribution in [2.45, 2.75) is 13.3 Å². The van der Waals surface area contributed by atoms with E-state index in [9.17, 15) is 0 Å². The van der Waals surface area contributed by atoms with Crippen molar-refractivity contribution in [2.75, 3.05) is 0 Å². The van der Waals surface area contributed by atoms with Gasteiger partial charge in [-0.15, -0.1) is 0 Å². The maximum Gasteiger partial charge on any atom is 0.175 e. The first-order chi connectivity index (χ1) is 7.20. The summed E-state index contributed by atoms with van der Waals surface area (Å²) >= 11 is 5.10. The maximum atomic E-state index is 5.10. The SMILES string of the molecule is CCc1cc(=S)nc(-c2nccn2C)[nH]1. The Kier molecular flexibility index (Phi) is 2.64. The predicted molar refractivity (Wildman–Crippen MR) is 61.0 cm³/mol. The van der Waals surface area contributed by atoms with Crippen molar-refractivity contribution in [2.24, 2.45) is 7.05 Å². The van der Waals surface area contributed by atoms with Crippen molar-refractivity contribution >= 4 is 12.2 Å². The summed E-state index contributed by atoms with van der Waals surface area (Å²) in [6.07, 6.45) is 4.53. The summed E-state index contributed by atoms with van der Waals surface area (Å²) in [5.74, 6) is 1.53. The van der Waals surface area contributed by atoms with Gasteiger partial charge < -0.3 is 9.55 Å². The van der Waals surface area contributed by atoms with Gasteiger partial charge in [0.15, 0.2) is 11.6 Å². The summed E-state index contributed by atoms with van der Waals surface area (Å²) in [4.78, 5) is 11.7. The lowest BCUT2D eigenvalue weighted by Crippen LogP contribution is -1.99. The lowest BCUT2D eigenvalue weighted by atomic mass is 10.3. The van der Waals surface area contributed by atoms with Crippen molar-refractivity contribution in [1.29, 1.82) is 0 Å². The van der Waals surface area contributed by atoms with Gasteiger partial charge in [-0.25, -0.2) is 9.97 Å². The summed E-state index contributed by atoms with van der Waals surface area (Å²) in [6.45, 7) is 2.07. The third kappa shape index (κ3) is 1.97. The van der Waals surface area contributed by atoms with Crippen LogP contribution >= 0.6 is 12.2 Å². The molecule has 0 bridgehead atoms. The predicted octanol–water partition coefficient (Wildman–Crippen LogP) is 2.10. The fraction of sp³-hybridized carbons (Fsp3) is 0.300. The number of hydrogen-bond acceptors (Lipinski definition) is 3. The molecule has 2 aromatic heterocycles. The molecule has 2 aromatic rings. The number of nitrogens with one attached hydrogen (secondary N) is 1. The van der Waals surface area contributed by atoms with E-state index in [1.54, 1.807) is 6.20 Å². The van der Waals surface area contributed by atoms with E-state index < -0.39 is 0 Å². The molecule has 2 heterocycles. The maximum absolute atomic E-state index is 5.10. The van der Waals surface area contributed by atoms with Gasteiger partial charge in [0.2, 0.25) is 0 Å². The summed E-state index contributed by atoms with van der Waals surface area (Å²) in [5.41, 5.74) is 1.08. The van der Waals surface area contributed by atoms with E-state index in [0.29, 0.717) is 4.64 Å². The van der Waals surface area contributed by atoms with Gasteiger partial charge in [0, 0.05) is 25.1 Å². The molecule has 0 radical (unpaired) electrons. The second kappa shape index (κ2) is 3.94. The van der Waals surface area contributed by atoms with Crippen LogP contribution in [0.25, 0.3) is 11.6 Å². The summed E-state index contributed by atoms with van der Waals surface area (Å²) in [7, 11) is 1.93. The lowest BCUT2D eigenvalue weighted by molar-refractivity contribution is 0.894. The molecule has 4 nitrogen and oxygen atoms in total. The molecule has 0 aromatic carbocycles. The van der Waals surface area contributed by atoms with E-state index in [2.05, 4.69) is 21.9 Å². The monoisotopic (exact) mass is 220 g/mol. The number of rotatable bonds is 2. The molecule has 0 aliphatic heterocycles. The average Bonchev–Trinajstić information content (AvgIpc) is 2.63. The fourth-order valence-electron chi connectivity index (χ4n) is 1.40. The standard InChI is InChI=1S/C10H12N4S/c1-3-7-6-8(15)13-9(12-7)10-11-4-5-14(10)2/h4-6H,3H2,1-2H3,(H,12,13,15). The van der Waals surface area contributed by atoms with Crippen LogP contribution in [0.3, 0.4) is 0 Å². The van der Waals surface area contributed by atoms with Gasteiger partial charge in [0.1, 0.15) is 4.64 Å². The van der Waals surface area contributed by atoms with E-state index in [0.717, 1.165) is 23.8 Å². The van der Waals surface area contributed by atoms with E-state index in [1.807, 2.05) is 23.9 Å². The Hall–Kier alpha value is -1.49. The molecular weight excluding hydrogens is 208 g/mol. The summed E-state index contributed by atoms with van der Waals surface area (Å²) < 4.78 is 2.51. The molecule has 0 spiro atoms. The first-order valence-electron chi connectivity index (χ1n) is 4.78. The summed E-state index contributed by atoms with van der Waals surface area (Å²) in [5, 5.41) is 0. The number of H-pyrrole nitrogens is 1. The van der Waals surface area contributed by atoms with Crippen molar-refractivity contribution in [3.63, 3.8) is 0 Å². The van der Waals surface area contributed by atoms with Gasteiger partial charge in [-0.3, -0.25) is 0 Å². The molecular formula is C10H12N4S. The minimum atomic E-state index is 0.601. The molecule has 2 rings (SSSR count). The smallest absolute Gasteiger partial charge is 0.175 e. The topological polar surface area (TPSA) is 46.5 Å². The second-order valence-corrected chi connectivity index (χ2v) is 3.73. The number of aryl methyl sites for hydroxylation is 2. The third-order valence-electron chi connectivity index (χ3n) is 2.21. The zero-order valence-electron chi connectivity index (χ0n) is 8.69. The third-order valence-corrected chi connectivity index (χ3v) is 2.42. The molecule has 0 aliphatic rings. The highest BCUT2D eigenvalue weighted by Gasteiger charge is 2.05. The van der Waals surface area contributed by atoms with Crippen LogP contribution in [0, 0.1) is 4.64 Å². The quantitative estimate of drug-likeness (QED) is 0.788. The van der Waals surface area contributed by atoms with Crippen LogP contribution in [0.4, 0.5) is 0 Å². The molecule has 0 unspecified atom stereocenters. The fourth-order valence-corrected chi connectivity index (χ4v) is 1.63. The number of aromatic nitrogens is 4. The van der Waals surface area contributed by atoms with Crippen LogP contribution in [0.1, 0.15) is 12.6 Å². The van der Waals surface area contributed by atoms with Crippen LogP contribution in [-0.2, 0) is 13.5 Å². The Morgan fingerprint density at radius 2 is 2.33 bits per heavy atom. The number of hydrogen-bond donors (Lipinski definition) is 1. The normalized spacial score (nSPS) is 10.5. The Labute approximate surface area is 93.0 Å². The highest BCUT2D eigenvalue weighted by molar-refractivity contribution is 7.71. The van der Waals surface area contributed by atoms with Gasteiger partial charge in [-0.2, -0.15) is 0 Å².